The van der Waals surface area contributed by atoms with E-state index in [9.17, 15) is 33.7 Å². The van der Waals surface area contributed by atoms with E-state index < -0.39 is 55.8 Å². The topological polar surface area (TPSA) is 225 Å². The van der Waals surface area contributed by atoms with Crippen molar-refractivity contribution in [2.75, 3.05) is 17.2 Å². The SMILES string of the molecule is CC[C@H]1OC(n2cnc3c(NC(=O)c4ccccc4)ncnc32)[C@H](F)[C@@H]1O.O=C(Nc1ncnc2c1ncn2C1O[C@H](CO)[C@@H](O)[C@H]1F)c1ccccc1. The molecular weight excluding hydrogens is 710 g/mol. The molecule has 4 aromatic heterocycles. The summed E-state index contributed by atoms with van der Waals surface area (Å²) in [5.74, 6) is -0.331. The number of nitrogens with one attached hydrogen (secondary N) is 2. The third kappa shape index (κ3) is 6.97. The van der Waals surface area contributed by atoms with Crippen LogP contribution in [0.3, 0.4) is 0 Å². The summed E-state index contributed by atoms with van der Waals surface area (Å²) in [7, 11) is 0. The summed E-state index contributed by atoms with van der Waals surface area (Å²) < 4.78 is 42.6. The zero-order chi connectivity index (χ0) is 37.9. The molecule has 6 aromatic rings. The molecule has 2 unspecified atom stereocenters. The van der Waals surface area contributed by atoms with Crippen LogP contribution in [0.1, 0.15) is 46.5 Å². The lowest BCUT2D eigenvalue weighted by molar-refractivity contribution is -0.0459. The quantitative estimate of drug-likeness (QED) is 0.151. The van der Waals surface area contributed by atoms with Gasteiger partial charge < -0.3 is 35.4 Å². The number of carbonyl (C=O) groups excluding carboxylic acids is 2. The maximum atomic E-state index is 14.5. The number of alkyl halides is 2. The largest absolute Gasteiger partial charge is 0.394 e. The van der Waals surface area contributed by atoms with Crippen LogP contribution in [-0.2, 0) is 9.47 Å². The number of hydrogen-bond donors (Lipinski definition) is 5. The lowest BCUT2D eigenvalue weighted by Gasteiger charge is -2.15. The van der Waals surface area contributed by atoms with Crippen LogP contribution in [0.2, 0.25) is 0 Å². The maximum Gasteiger partial charge on any atom is 0.256 e. The summed E-state index contributed by atoms with van der Waals surface area (Å²) in [5.41, 5.74) is 2.02. The van der Waals surface area contributed by atoms with Gasteiger partial charge in [-0.25, -0.2) is 38.7 Å². The monoisotopic (exact) mass is 744 g/mol. The van der Waals surface area contributed by atoms with E-state index in [2.05, 4.69) is 40.5 Å². The van der Waals surface area contributed by atoms with Gasteiger partial charge in [0.2, 0.25) is 0 Å². The van der Waals surface area contributed by atoms with Crippen LogP contribution >= 0.6 is 0 Å². The fourth-order valence-electron chi connectivity index (χ4n) is 6.14. The Balaban J connectivity index is 0.000000167. The number of imidazole rings is 2. The van der Waals surface area contributed by atoms with Crippen LogP contribution in [0.5, 0.6) is 0 Å². The number of aromatic nitrogens is 8. The molecule has 2 amide bonds. The number of carbonyl (C=O) groups is 2. The van der Waals surface area contributed by atoms with Gasteiger partial charge in [-0.1, -0.05) is 43.3 Å². The molecular formula is C35H34F2N10O7. The molecule has 2 aliphatic heterocycles. The Morgan fingerprint density at radius 3 is 1.50 bits per heavy atom. The van der Waals surface area contributed by atoms with Crippen molar-refractivity contribution in [3.05, 3.63) is 97.1 Å². The molecule has 6 heterocycles. The van der Waals surface area contributed by atoms with E-state index in [0.717, 1.165) is 0 Å². The normalized spacial score (nSPS) is 25.0. The molecule has 17 nitrogen and oxygen atoms in total. The van der Waals surface area contributed by atoms with E-state index >= 15 is 0 Å². The zero-order valence-electron chi connectivity index (χ0n) is 28.4. The lowest BCUT2D eigenvalue weighted by Crippen LogP contribution is -2.30. The molecule has 8 rings (SSSR count). The van der Waals surface area contributed by atoms with Gasteiger partial charge in [0, 0.05) is 11.1 Å². The summed E-state index contributed by atoms with van der Waals surface area (Å²) in [4.78, 5) is 49.4. The van der Waals surface area contributed by atoms with Crippen molar-refractivity contribution in [1.29, 1.82) is 0 Å². The minimum atomic E-state index is -1.77. The molecule has 0 bridgehead atoms. The van der Waals surface area contributed by atoms with Crippen LogP contribution in [-0.4, -0.2) is 110 Å². The van der Waals surface area contributed by atoms with Crippen LogP contribution in [0.4, 0.5) is 20.4 Å². The predicted molar refractivity (Wildman–Crippen MR) is 186 cm³/mol. The molecule has 2 fully saturated rings. The van der Waals surface area contributed by atoms with Gasteiger partial charge in [-0.3, -0.25) is 18.7 Å². The number of nitrogens with zero attached hydrogens (tertiary/aromatic N) is 8. The number of aliphatic hydroxyl groups excluding tert-OH is 3. The Hall–Kier alpha value is -5.86. The summed E-state index contributed by atoms with van der Waals surface area (Å²) >= 11 is 0. The van der Waals surface area contributed by atoms with E-state index in [1.54, 1.807) is 54.6 Å². The standard InChI is InChI=1S/C18H18FN5O3.C17H16FN5O4/c1-2-11-14(25)12(19)18(27-11)24-9-22-13-15(20-8-21-16(13)24)23-17(26)10-6-4-3-5-7-10;18-11-13(25)10(6-24)27-17(11)23-8-21-12-14(19-7-20-15(12)23)22-16(26)9-4-2-1-3-5-9/h3-9,11-12,14,18,25H,2H2,1H3,(H,20,21,23,26);1-5,7-8,10-11,13,17,24-25H,6H2,(H,19,20,22,26)/t11-,12-,14-,18?;10-,11-,13-,17?/m11/s1. The van der Waals surface area contributed by atoms with Crippen LogP contribution in [0, 0.1) is 0 Å². The van der Waals surface area contributed by atoms with E-state index in [-0.39, 0.29) is 34.6 Å². The third-order valence-corrected chi connectivity index (χ3v) is 8.97. The Labute approximate surface area is 304 Å². The minimum absolute atomic E-state index is 0.167. The number of halogens is 2. The van der Waals surface area contributed by atoms with Crippen molar-refractivity contribution in [3.63, 3.8) is 0 Å². The maximum absolute atomic E-state index is 14.5. The van der Waals surface area contributed by atoms with Crippen molar-refractivity contribution < 1.29 is 43.2 Å². The summed E-state index contributed by atoms with van der Waals surface area (Å²) in [6.45, 7) is 1.30. The number of fused-ring (bicyclic) bond motifs is 2. The van der Waals surface area contributed by atoms with Crippen LogP contribution < -0.4 is 10.6 Å². The van der Waals surface area contributed by atoms with Gasteiger partial charge >= 0.3 is 0 Å². The summed E-state index contributed by atoms with van der Waals surface area (Å²) in [5, 5.41) is 34.3. The molecule has 0 saturated carbocycles. The highest BCUT2D eigenvalue weighted by atomic mass is 19.1. The van der Waals surface area contributed by atoms with Crippen molar-refractivity contribution in [2.45, 2.75) is 62.6 Å². The second kappa shape index (κ2) is 15.6. The number of anilines is 2. The van der Waals surface area contributed by atoms with Crippen molar-refractivity contribution in [1.82, 2.24) is 39.0 Å². The van der Waals surface area contributed by atoms with E-state index in [4.69, 9.17) is 9.47 Å². The highest BCUT2D eigenvalue weighted by Crippen LogP contribution is 2.36. The number of aliphatic hydroxyl groups is 3. The third-order valence-electron chi connectivity index (χ3n) is 8.97. The molecule has 2 aliphatic rings. The molecule has 5 N–H and O–H groups in total. The number of ether oxygens (including phenoxy) is 2. The Morgan fingerprint density at radius 2 is 1.11 bits per heavy atom. The van der Waals surface area contributed by atoms with Gasteiger partial charge in [-0.2, -0.15) is 0 Å². The van der Waals surface area contributed by atoms with Crippen molar-refractivity contribution in [3.8, 4) is 0 Å². The van der Waals surface area contributed by atoms with E-state index in [1.807, 2.05) is 13.0 Å². The first-order valence-corrected chi connectivity index (χ1v) is 16.8. The van der Waals surface area contributed by atoms with E-state index in [1.165, 1.54) is 34.4 Å². The Kier molecular flexibility index (Phi) is 10.6. The van der Waals surface area contributed by atoms with Gasteiger partial charge in [0.25, 0.3) is 11.8 Å². The Bertz CT molecular complexity index is 2090. The molecule has 19 heteroatoms. The van der Waals surface area contributed by atoms with Gasteiger partial charge in [0.15, 0.2) is 58.8 Å². The fourth-order valence-corrected chi connectivity index (χ4v) is 6.14. The van der Waals surface area contributed by atoms with E-state index in [0.29, 0.717) is 28.7 Å². The molecule has 54 heavy (non-hydrogen) atoms. The van der Waals surface area contributed by atoms with Crippen molar-refractivity contribution in [2.24, 2.45) is 0 Å². The molecule has 8 atom stereocenters. The fraction of sp³-hybridized carbons (Fsp3) is 0.314. The zero-order valence-corrected chi connectivity index (χ0v) is 28.4. The average molecular weight is 745 g/mol. The molecule has 280 valence electrons. The number of benzene rings is 2. The second-order valence-electron chi connectivity index (χ2n) is 12.3. The average Bonchev–Trinajstić information content (AvgIpc) is 3.97. The predicted octanol–water partition coefficient (Wildman–Crippen LogP) is 2.75. The first-order valence-electron chi connectivity index (χ1n) is 16.8. The van der Waals surface area contributed by atoms with Gasteiger partial charge in [0.1, 0.15) is 31.0 Å². The second-order valence-corrected chi connectivity index (χ2v) is 12.3. The number of amides is 2. The molecule has 0 aliphatic carbocycles. The smallest absolute Gasteiger partial charge is 0.256 e. The first kappa shape index (κ1) is 36.5. The first-order chi connectivity index (χ1) is 26.2. The molecule has 2 saturated heterocycles. The molecule has 2 aromatic carbocycles. The summed E-state index contributed by atoms with van der Waals surface area (Å²) in [6, 6.07) is 17.3. The highest BCUT2D eigenvalue weighted by Gasteiger charge is 2.46. The van der Waals surface area contributed by atoms with Gasteiger partial charge in [0.05, 0.1) is 25.4 Å². The molecule has 0 radical (unpaired) electrons. The van der Waals surface area contributed by atoms with Crippen LogP contribution in [0.25, 0.3) is 22.3 Å². The number of rotatable bonds is 8. The van der Waals surface area contributed by atoms with Gasteiger partial charge in [-0.05, 0) is 30.7 Å². The number of hydrogen-bond acceptors (Lipinski definition) is 13. The van der Waals surface area contributed by atoms with Gasteiger partial charge in [-0.15, -0.1) is 0 Å². The highest BCUT2D eigenvalue weighted by molar-refractivity contribution is 6.07. The Morgan fingerprint density at radius 1 is 0.685 bits per heavy atom. The minimum Gasteiger partial charge on any atom is -0.394 e. The van der Waals surface area contributed by atoms with Crippen LogP contribution in [0.15, 0.2) is 86.0 Å². The lowest BCUT2D eigenvalue weighted by atomic mass is 10.1. The van der Waals surface area contributed by atoms with Crippen molar-refractivity contribution >= 4 is 45.8 Å². The molecule has 0 spiro atoms. The summed E-state index contributed by atoms with van der Waals surface area (Å²) in [6.07, 6.45) is -4.30.